The van der Waals surface area contributed by atoms with Crippen LogP contribution in [-0.4, -0.2) is 6.61 Å². The topological polar surface area (TPSA) is 33.0 Å². The summed E-state index contributed by atoms with van der Waals surface area (Å²) in [5, 5.41) is 8.72. The molecule has 0 bridgehead atoms. The summed E-state index contributed by atoms with van der Waals surface area (Å²) in [4.78, 5) is 0. The van der Waals surface area contributed by atoms with E-state index in [9.17, 15) is 4.39 Å². The minimum absolute atomic E-state index is 0.321. The number of rotatable bonds is 3. The van der Waals surface area contributed by atoms with Crippen LogP contribution in [0.2, 0.25) is 0 Å². The first-order valence-electron chi connectivity index (χ1n) is 4.46. The van der Waals surface area contributed by atoms with Crippen molar-refractivity contribution in [3.63, 3.8) is 0 Å². The van der Waals surface area contributed by atoms with Crippen molar-refractivity contribution in [3.8, 4) is 11.8 Å². The summed E-state index contributed by atoms with van der Waals surface area (Å²) in [7, 11) is 0. The van der Waals surface area contributed by atoms with Crippen LogP contribution in [0.3, 0.4) is 0 Å². The molecule has 3 heteroatoms. The summed E-state index contributed by atoms with van der Waals surface area (Å²) in [5.74, 6) is 0.286. The van der Waals surface area contributed by atoms with Crippen molar-refractivity contribution in [2.24, 2.45) is 5.92 Å². The molecule has 0 radical (unpaired) electrons. The first-order chi connectivity index (χ1) is 6.63. The number of benzene rings is 1. The van der Waals surface area contributed by atoms with Crippen LogP contribution in [0, 0.1) is 23.1 Å². The van der Waals surface area contributed by atoms with Crippen LogP contribution in [0.4, 0.5) is 4.39 Å². The van der Waals surface area contributed by atoms with E-state index >= 15 is 0 Å². The summed E-state index contributed by atoms with van der Waals surface area (Å²) >= 11 is 0. The lowest BCUT2D eigenvalue weighted by Gasteiger charge is -2.09. The monoisotopic (exact) mass is 193 g/mol. The number of ether oxygens (including phenoxy) is 1. The molecule has 0 aliphatic carbocycles. The second-order valence-corrected chi connectivity index (χ2v) is 3.46. The maximum atomic E-state index is 12.8. The highest BCUT2D eigenvalue weighted by molar-refractivity contribution is 5.42. The van der Waals surface area contributed by atoms with Crippen molar-refractivity contribution in [1.29, 1.82) is 5.26 Å². The fourth-order valence-electron chi connectivity index (χ4n) is 0.964. The van der Waals surface area contributed by atoms with Crippen LogP contribution in [0.1, 0.15) is 19.4 Å². The normalized spacial score (nSPS) is 9.93. The molecule has 0 saturated carbocycles. The Bertz CT molecular complexity index is 355. The molecule has 1 aromatic carbocycles. The SMILES string of the molecule is CC(C)COc1cc(F)ccc1C#N. The van der Waals surface area contributed by atoms with Crippen molar-refractivity contribution in [3.05, 3.63) is 29.6 Å². The van der Waals surface area contributed by atoms with Gasteiger partial charge in [0.05, 0.1) is 12.2 Å². The first-order valence-corrected chi connectivity index (χ1v) is 4.46. The molecule has 1 aromatic rings. The van der Waals surface area contributed by atoms with Gasteiger partial charge in [0, 0.05) is 6.07 Å². The Balaban J connectivity index is 2.84. The van der Waals surface area contributed by atoms with Gasteiger partial charge in [0.25, 0.3) is 0 Å². The molecule has 0 aromatic heterocycles. The number of hydrogen-bond donors (Lipinski definition) is 0. The smallest absolute Gasteiger partial charge is 0.139 e. The van der Waals surface area contributed by atoms with Crippen molar-refractivity contribution < 1.29 is 9.13 Å². The van der Waals surface area contributed by atoms with Crippen molar-refractivity contribution in [2.45, 2.75) is 13.8 Å². The van der Waals surface area contributed by atoms with Gasteiger partial charge in [0.15, 0.2) is 0 Å². The van der Waals surface area contributed by atoms with E-state index in [2.05, 4.69) is 0 Å². The first kappa shape index (κ1) is 10.5. The summed E-state index contributed by atoms with van der Waals surface area (Å²) in [6.45, 7) is 4.47. The summed E-state index contributed by atoms with van der Waals surface area (Å²) < 4.78 is 18.1. The molecule has 0 atom stereocenters. The van der Waals surface area contributed by atoms with Gasteiger partial charge < -0.3 is 4.74 Å². The van der Waals surface area contributed by atoms with Crippen LogP contribution < -0.4 is 4.74 Å². The minimum Gasteiger partial charge on any atom is -0.492 e. The van der Waals surface area contributed by atoms with E-state index in [-0.39, 0.29) is 5.82 Å². The molecule has 14 heavy (non-hydrogen) atoms. The molecule has 0 unspecified atom stereocenters. The maximum absolute atomic E-state index is 12.8. The van der Waals surface area contributed by atoms with Gasteiger partial charge in [-0.2, -0.15) is 5.26 Å². The molecular formula is C11H12FNO. The molecule has 1 rings (SSSR count). The van der Waals surface area contributed by atoms with Crippen LogP contribution in [-0.2, 0) is 0 Å². The molecule has 0 fully saturated rings. The van der Waals surface area contributed by atoms with E-state index in [1.54, 1.807) is 0 Å². The van der Waals surface area contributed by atoms with Crippen molar-refractivity contribution in [1.82, 2.24) is 0 Å². The van der Waals surface area contributed by atoms with E-state index < -0.39 is 0 Å². The number of nitriles is 1. The van der Waals surface area contributed by atoms with E-state index in [1.807, 2.05) is 19.9 Å². The van der Waals surface area contributed by atoms with Gasteiger partial charge >= 0.3 is 0 Å². The molecule has 0 aliphatic heterocycles. The Hall–Kier alpha value is -1.56. The Morgan fingerprint density at radius 1 is 1.50 bits per heavy atom. The van der Waals surface area contributed by atoms with Gasteiger partial charge in [-0.15, -0.1) is 0 Å². The van der Waals surface area contributed by atoms with E-state index in [0.29, 0.717) is 23.8 Å². The Kier molecular flexibility index (Phi) is 3.47. The zero-order valence-corrected chi connectivity index (χ0v) is 8.25. The maximum Gasteiger partial charge on any atom is 0.139 e. The standard InChI is InChI=1S/C11H12FNO/c1-8(2)7-14-11-5-10(12)4-3-9(11)6-13/h3-5,8H,7H2,1-2H3. The van der Waals surface area contributed by atoms with Crippen molar-refractivity contribution in [2.75, 3.05) is 6.61 Å². The Morgan fingerprint density at radius 2 is 2.21 bits per heavy atom. The second kappa shape index (κ2) is 4.61. The van der Waals surface area contributed by atoms with Crippen molar-refractivity contribution >= 4 is 0 Å². The van der Waals surface area contributed by atoms with Crippen LogP contribution in [0.15, 0.2) is 18.2 Å². The van der Waals surface area contributed by atoms with Gasteiger partial charge in [-0.1, -0.05) is 13.8 Å². The number of nitrogens with zero attached hydrogens (tertiary/aromatic N) is 1. The predicted octanol–water partition coefficient (Wildman–Crippen LogP) is 2.73. The summed E-state index contributed by atoms with van der Waals surface area (Å²) in [6, 6.07) is 5.86. The van der Waals surface area contributed by atoms with Gasteiger partial charge in [-0.3, -0.25) is 0 Å². The molecule has 0 N–H and O–H groups in total. The lowest BCUT2D eigenvalue weighted by molar-refractivity contribution is 0.269. The zero-order chi connectivity index (χ0) is 10.6. The van der Waals surface area contributed by atoms with E-state index in [1.165, 1.54) is 18.2 Å². The third-order valence-corrected chi connectivity index (χ3v) is 1.64. The fraction of sp³-hybridized carbons (Fsp3) is 0.364. The highest BCUT2D eigenvalue weighted by Gasteiger charge is 2.05. The Labute approximate surface area is 82.9 Å². The summed E-state index contributed by atoms with van der Waals surface area (Å²) in [6.07, 6.45) is 0. The molecule has 0 aliphatic rings. The molecule has 0 amide bonds. The molecule has 0 heterocycles. The average molecular weight is 193 g/mol. The Morgan fingerprint density at radius 3 is 2.79 bits per heavy atom. The van der Waals surface area contributed by atoms with Crippen LogP contribution in [0.25, 0.3) is 0 Å². The molecule has 74 valence electrons. The average Bonchev–Trinajstić information content (AvgIpc) is 2.15. The lowest BCUT2D eigenvalue weighted by Crippen LogP contribution is -2.05. The predicted molar refractivity (Wildman–Crippen MR) is 51.4 cm³/mol. The number of hydrogen-bond acceptors (Lipinski definition) is 2. The van der Waals surface area contributed by atoms with E-state index in [0.717, 1.165) is 0 Å². The third-order valence-electron chi connectivity index (χ3n) is 1.64. The largest absolute Gasteiger partial charge is 0.492 e. The van der Waals surface area contributed by atoms with E-state index in [4.69, 9.17) is 10.00 Å². The molecule has 2 nitrogen and oxygen atoms in total. The van der Waals surface area contributed by atoms with Crippen LogP contribution >= 0.6 is 0 Å². The molecule has 0 spiro atoms. The quantitative estimate of drug-likeness (QED) is 0.739. The van der Waals surface area contributed by atoms with Gasteiger partial charge in [-0.05, 0) is 18.1 Å². The number of halogens is 1. The molecule has 0 saturated heterocycles. The van der Waals surface area contributed by atoms with Crippen LogP contribution in [0.5, 0.6) is 5.75 Å². The highest BCUT2D eigenvalue weighted by Crippen LogP contribution is 2.19. The van der Waals surface area contributed by atoms with Gasteiger partial charge in [0.1, 0.15) is 17.6 Å². The third kappa shape index (κ3) is 2.74. The fourth-order valence-corrected chi connectivity index (χ4v) is 0.964. The van der Waals surface area contributed by atoms with Gasteiger partial charge in [0.2, 0.25) is 0 Å². The zero-order valence-electron chi connectivity index (χ0n) is 8.25. The highest BCUT2D eigenvalue weighted by atomic mass is 19.1. The molecular weight excluding hydrogens is 181 g/mol. The lowest BCUT2D eigenvalue weighted by atomic mass is 10.2. The van der Waals surface area contributed by atoms with Gasteiger partial charge in [-0.25, -0.2) is 4.39 Å². The summed E-state index contributed by atoms with van der Waals surface area (Å²) in [5.41, 5.74) is 0.368. The minimum atomic E-state index is -0.386. The second-order valence-electron chi connectivity index (χ2n) is 3.46.